The van der Waals surface area contributed by atoms with E-state index in [4.69, 9.17) is 21.1 Å². The van der Waals surface area contributed by atoms with E-state index in [2.05, 4.69) is 5.32 Å². The van der Waals surface area contributed by atoms with Gasteiger partial charge in [-0.2, -0.15) is 0 Å². The minimum atomic E-state index is -1.11. The summed E-state index contributed by atoms with van der Waals surface area (Å²) in [6.07, 6.45) is 0.238. The quantitative estimate of drug-likeness (QED) is 0.339. The summed E-state index contributed by atoms with van der Waals surface area (Å²) in [7, 11) is 0. The van der Waals surface area contributed by atoms with Crippen LogP contribution in [0.3, 0.4) is 0 Å². The topological polar surface area (TPSA) is 84.9 Å². The van der Waals surface area contributed by atoms with Crippen molar-refractivity contribution in [2.75, 3.05) is 13.2 Å². The zero-order valence-corrected chi connectivity index (χ0v) is 21.7. The summed E-state index contributed by atoms with van der Waals surface area (Å²) in [6, 6.07) is 11.1. The van der Waals surface area contributed by atoms with Crippen LogP contribution in [0, 0.1) is 11.2 Å². The molecular weight excluding hydrogens is 473 g/mol. The van der Waals surface area contributed by atoms with Crippen molar-refractivity contribution in [2.24, 2.45) is 5.41 Å². The van der Waals surface area contributed by atoms with Crippen LogP contribution in [-0.4, -0.2) is 42.0 Å². The Kier molecular flexibility index (Phi) is 10.1. The molecule has 2 aromatic rings. The predicted molar refractivity (Wildman–Crippen MR) is 135 cm³/mol. The van der Waals surface area contributed by atoms with Crippen LogP contribution in [-0.2, 0) is 20.7 Å². The number of benzene rings is 2. The minimum Gasteiger partial charge on any atom is -0.481 e. The average molecular weight is 508 g/mol. The predicted octanol–water partition coefficient (Wildman–Crippen LogP) is 6.49. The second-order valence-corrected chi connectivity index (χ2v) is 10.3. The highest BCUT2D eigenvalue weighted by molar-refractivity contribution is 6.30. The molecule has 2 atom stereocenters. The summed E-state index contributed by atoms with van der Waals surface area (Å²) in [4.78, 5) is 24.7. The third-order valence-corrected chi connectivity index (χ3v) is 5.85. The lowest BCUT2D eigenvalue weighted by Gasteiger charge is -2.31. The van der Waals surface area contributed by atoms with E-state index in [1.807, 2.05) is 19.1 Å². The smallest absolute Gasteiger partial charge is 0.407 e. The van der Waals surface area contributed by atoms with E-state index in [1.54, 1.807) is 45.9 Å². The second kappa shape index (κ2) is 12.4. The maximum atomic E-state index is 14.2. The first-order chi connectivity index (χ1) is 16.3. The van der Waals surface area contributed by atoms with Gasteiger partial charge in [-0.1, -0.05) is 35.9 Å². The van der Waals surface area contributed by atoms with Gasteiger partial charge in [0.05, 0.1) is 5.41 Å². The number of halogens is 2. The number of alkyl carbamates (subject to hydrolysis) is 1. The van der Waals surface area contributed by atoms with Crippen LogP contribution in [0.1, 0.15) is 53.0 Å². The molecule has 0 saturated heterocycles. The van der Waals surface area contributed by atoms with Crippen LogP contribution in [0.4, 0.5) is 9.18 Å². The molecule has 1 amide bonds. The van der Waals surface area contributed by atoms with E-state index < -0.39 is 29.1 Å². The molecule has 0 fully saturated rings. The maximum absolute atomic E-state index is 14.2. The van der Waals surface area contributed by atoms with Gasteiger partial charge in [-0.05, 0) is 83.2 Å². The van der Waals surface area contributed by atoms with Crippen molar-refractivity contribution >= 4 is 23.7 Å². The molecule has 35 heavy (non-hydrogen) atoms. The highest BCUT2D eigenvalue weighted by Gasteiger charge is 2.36. The molecule has 1 unspecified atom stereocenters. The summed E-state index contributed by atoms with van der Waals surface area (Å²) >= 11 is 6.02. The van der Waals surface area contributed by atoms with E-state index in [0.717, 1.165) is 5.56 Å². The fraction of sp³-hybridized carbons (Fsp3) is 0.481. The van der Waals surface area contributed by atoms with Crippen LogP contribution >= 0.6 is 11.6 Å². The number of carbonyl (C=O) groups excluding carboxylic acids is 1. The van der Waals surface area contributed by atoms with Crippen molar-refractivity contribution in [3.8, 4) is 11.1 Å². The molecule has 6 nitrogen and oxygen atoms in total. The van der Waals surface area contributed by atoms with Crippen LogP contribution in [0.2, 0.25) is 5.02 Å². The first-order valence-electron chi connectivity index (χ1n) is 11.7. The molecule has 0 saturated carbocycles. The largest absolute Gasteiger partial charge is 0.481 e. The van der Waals surface area contributed by atoms with Gasteiger partial charge in [-0.25, -0.2) is 9.18 Å². The third-order valence-electron chi connectivity index (χ3n) is 5.61. The molecular formula is C27H35ClFNO5. The highest BCUT2D eigenvalue weighted by atomic mass is 35.5. The van der Waals surface area contributed by atoms with Crippen LogP contribution in [0.15, 0.2) is 42.5 Å². The molecule has 0 radical (unpaired) electrons. The van der Waals surface area contributed by atoms with Gasteiger partial charge < -0.3 is 19.9 Å². The molecule has 0 bridgehead atoms. The second-order valence-electron chi connectivity index (χ2n) is 9.89. The molecule has 2 aromatic carbocycles. The van der Waals surface area contributed by atoms with Gasteiger partial charge in [-0.3, -0.25) is 4.79 Å². The molecule has 0 spiro atoms. The number of ether oxygens (including phenoxy) is 2. The van der Waals surface area contributed by atoms with Gasteiger partial charge in [0.25, 0.3) is 0 Å². The number of hydrogen-bond acceptors (Lipinski definition) is 4. The summed E-state index contributed by atoms with van der Waals surface area (Å²) in [5, 5.41) is 13.2. The van der Waals surface area contributed by atoms with E-state index in [1.165, 1.54) is 12.1 Å². The Morgan fingerprint density at radius 3 is 2.34 bits per heavy atom. The Bertz CT molecular complexity index is 1010. The SMILES string of the molecule is CCOCCC(C)(C[C@@H](Cc1ccc(-c2cc(Cl)ccc2F)cc1)NC(=O)OC(C)(C)C)C(=O)O. The normalized spacial score (nSPS) is 14.1. The molecule has 192 valence electrons. The van der Waals surface area contributed by atoms with Gasteiger partial charge in [0.1, 0.15) is 11.4 Å². The zero-order chi connectivity index (χ0) is 26.2. The van der Waals surface area contributed by atoms with Crippen molar-refractivity contribution in [3.05, 3.63) is 58.9 Å². The van der Waals surface area contributed by atoms with Crippen LogP contribution < -0.4 is 5.32 Å². The Balaban J connectivity index is 2.26. The van der Waals surface area contributed by atoms with Gasteiger partial charge >= 0.3 is 12.1 Å². The maximum Gasteiger partial charge on any atom is 0.407 e. The summed E-state index contributed by atoms with van der Waals surface area (Å²) in [5.41, 5.74) is 0.107. The Morgan fingerprint density at radius 1 is 1.11 bits per heavy atom. The van der Waals surface area contributed by atoms with Gasteiger partial charge in [0.2, 0.25) is 0 Å². The molecule has 0 heterocycles. The molecule has 2 N–H and O–H groups in total. The number of carbonyl (C=O) groups is 2. The lowest BCUT2D eigenvalue weighted by atomic mass is 9.79. The highest BCUT2D eigenvalue weighted by Crippen LogP contribution is 2.31. The zero-order valence-electron chi connectivity index (χ0n) is 21.0. The first-order valence-corrected chi connectivity index (χ1v) is 12.1. The summed E-state index contributed by atoms with van der Waals surface area (Å²) < 4.78 is 25.0. The first kappa shape index (κ1) is 28.6. The number of rotatable bonds is 11. The lowest BCUT2D eigenvalue weighted by molar-refractivity contribution is -0.150. The standard InChI is InChI=1S/C27H35ClFNO5/c1-6-34-14-13-27(5,24(31)32)17-21(30-25(33)35-26(2,3)4)15-18-7-9-19(10-8-18)22-16-20(28)11-12-23(22)29/h7-12,16,21H,6,13-15,17H2,1-5H3,(H,30,33)(H,31,32)/t21-,27?/m1/s1. The molecule has 8 heteroatoms. The minimum absolute atomic E-state index is 0.180. The van der Waals surface area contributed by atoms with Gasteiger partial charge in [-0.15, -0.1) is 0 Å². The monoisotopic (exact) mass is 507 g/mol. The lowest BCUT2D eigenvalue weighted by Crippen LogP contribution is -2.44. The fourth-order valence-corrected chi connectivity index (χ4v) is 3.93. The average Bonchev–Trinajstić information content (AvgIpc) is 2.74. The van der Waals surface area contributed by atoms with E-state index in [-0.39, 0.29) is 12.2 Å². The van der Waals surface area contributed by atoms with Crippen molar-refractivity contribution in [2.45, 2.75) is 65.5 Å². The van der Waals surface area contributed by atoms with Crippen molar-refractivity contribution < 1.29 is 28.6 Å². The Labute approximate surface area is 211 Å². The van der Waals surface area contributed by atoms with E-state index in [0.29, 0.717) is 42.2 Å². The number of carboxylic acid groups (broad SMARTS) is 1. The summed E-state index contributed by atoms with van der Waals surface area (Å²) in [5.74, 6) is -1.34. The van der Waals surface area contributed by atoms with E-state index >= 15 is 0 Å². The van der Waals surface area contributed by atoms with Crippen LogP contribution in [0.5, 0.6) is 0 Å². The number of carboxylic acids is 1. The van der Waals surface area contributed by atoms with Gasteiger partial charge in [0, 0.05) is 29.8 Å². The van der Waals surface area contributed by atoms with Gasteiger partial charge in [0.15, 0.2) is 0 Å². The summed E-state index contributed by atoms with van der Waals surface area (Å²) in [6.45, 7) is 9.59. The van der Waals surface area contributed by atoms with E-state index in [9.17, 15) is 19.1 Å². The molecule has 2 rings (SSSR count). The molecule has 0 aliphatic carbocycles. The molecule has 0 aliphatic rings. The van der Waals surface area contributed by atoms with Crippen LogP contribution in [0.25, 0.3) is 11.1 Å². The number of amides is 1. The number of aliphatic carboxylic acids is 1. The van der Waals surface area contributed by atoms with Crippen molar-refractivity contribution in [3.63, 3.8) is 0 Å². The number of hydrogen-bond donors (Lipinski definition) is 2. The fourth-order valence-electron chi connectivity index (χ4n) is 3.75. The van der Waals surface area contributed by atoms with Crippen molar-refractivity contribution in [1.29, 1.82) is 0 Å². The molecule has 0 aliphatic heterocycles. The third kappa shape index (κ3) is 9.15. The molecule has 0 aromatic heterocycles. The number of nitrogens with one attached hydrogen (secondary N) is 1. The van der Waals surface area contributed by atoms with Crippen molar-refractivity contribution in [1.82, 2.24) is 5.32 Å². The Hall–Kier alpha value is -2.64. The Morgan fingerprint density at radius 2 is 1.77 bits per heavy atom.